The van der Waals surface area contributed by atoms with Crippen LogP contribution in [0.2, 0.25) is 5.02 Å². The first-order valence-corrected chi connectivity index (χ1v) is 9.64. The second-order valence-corrected chi connectivity index (χ2v) is 7.16. The number of nitrogens with one attached hydrogen (secondary N) is 1. The Balaban J connectivity index is 1.75. The molecular formula is C21H19ClN4O5. The van der Waals surface area contributed by atoms with Crippen molar-refractivity contribution < 1.29 is 19.2 Å². The lowest BCUT2D eigenvalue weighted by Gasteiger charge is -2.14. The molecule has 1 heterocycles. The number of hydrogen-bond donors (Lipinski definition) is 1. The van der Waals surface area contributed by atoms with E-state index in [2.05, 4.69) is 10.4 Å². The second kappa shape index (κ2) is 8.97. The number of aryl methyl sites for hydroxylation is 1. The lowest BCUT2D eigenvalue weighted by molar-refractivity contribution is -0.384. The van der Waals surface area contributed by atoms with Crippen LogP contribution in [0.5, 0.6) is 0 Å². The molecule has 31 heavy (non-hydrogen) atoms. The molecule has 0 aliphatic rings. The van der Waals surface area contributed by atoms with Gasteiger partial charge in [-0.25, -0.2) is 9.48 Å². The van der Waals surface area contributed by atoms with Crippen LogP contribution in [0, 0.1) is 24.0 Å². The topological polar surface area (TPSA) is 116 Å². The molecule has 0 saturated carbocycles. The van der Waals surface area contributed by atoms with Crippen LogP contribution in [0.15, 0.2) is 48.5 Å². The lowest BCUT2D eigenvalue weighted by atomic mass is 10.2. The monoisotopic (exact) mass is 442 g/mol. The average Bonchev–Trinajstić information content (AvgIpc) is 3.04. The standard InChI is InChI=1S/C21H19ClN4O5/c1-12-19(13(2)25(24-12)15-7-5-4-6-8-15)21(28)31-14(3)20(27)23-18-11-16(26(29)30)9-10-17(18)22/h4-11,14H,1-3H3,(H,23,27). The van der Waals surface area contributed by atoms with Gasteiger partial charge in [0.05, 0.1) is 32.7 Å². The fraction of sp³-hybridized carbons (Fsp3) is 0.190. The van der Waals surface area contributed by atoms with E-state index in [-0.39, 0.29) is 22.0 Å². The molecule has 1 aromatic heterocycles. The molecule has 10 heteroatoms. The molecule has 160 valence electrons. The number of non-ortho nitro benzene ring substituents is 1. The molecule has 3 rings (SSSR count). The number of nitrogens with zero attached hydrogens (tertiary/aromatic N) is 3. The Morgan fingerprint density at radius 1 is 1.19 bits per heavy atom. The molecule has 0 spiro atoms. The summed E-state index contributed by atoms with van der Waals surface area (Å²) < 4.78 is 6.94. The van der Waals surface area contributed by atoms with Crippen LogP contribution in [0.1, 0.15) is 28.7 Å². The number of amides is 1. The zero-order valence-electron chi connectivity index (χ0n) is 17.0. The first-order chi connectivity index (χ1) is 14.7. The molecule has 9 nitrogen and oxygen atoms in total. The molecule has 1 atom stereocenters. The van der Waals surface area contributed by atoms with Crippen molar-refractivity contribution in [2.24, 2.45) is 0 Å². The minimum atomic E-state index is -1.18. The van der Waals surface area contributed by atoms with E-state index >= 15 is 0 Å². The minimum Gasteiger partial charge on any atom is -0.449 e. The summed E-state index contributed by atoms with van der Waals surface area (Å²) in [5, 5.41) is 17.9. The summed E-state index contributed by atoms with van der Waals surface area (Å²) in [5.41, 5.74) is 1.89. The van der Waals surface area contributed by atoms with Gasteiger partial charge in [0.25, 0.3) is 11.6 Å². The Hall–Kier alpha value is -3.72. The zero-order valence-corrected chi connectivity index (χ0v) is 17.7. The molecule has 1 unspecified atom stereocenters. The first-order valence-electron chi connectivity index (χ1n) is 9.26. The molecule has 1 N–H and O–H groups in total. The number of nitro benzene ring substituents is 1. The molecule has 3 aromatic rings. The number of carbonyl (C=O) groups excluding carboxylic acids is 2. The summed E-state index contributed by atoms with van der Waals surface area (Å²) in [6.07, 6.45) is -1.18. The van der Waals surface area contributed by atoms with Crippen LogP contribution < -0.4 is 5.32 Å². The Morgan fingerprint density at radius 2 is 1.87 bits per heavy atom. The van der Waals surface area contributed by atoms with Crippen molar-refractivity contribution >= 4 is 34.9 Å². The van der Waals surface area contributed by atoms with Crippen LogP contribution in [-0.2, 0) is 9.53 Å². The highest BCUT2D eigenvalue weighted by Gasteiger charge is 2.25. The third kappa shape index (κ3) is 4.72. The molecule has 0 radical (unpaired) electrons. The van der Waals surface area contributed by atoms with E-state index in [0.717, 1.165) is 11.8 Å². The van der Waals surface area contributed by atoms with E-state index in [1.54, 1.807) is 18.5 Å². The highest BCUT2D eigenvalue weighted by molar-refractivity contribution is 6.33. The van der Waals surface area contributed by atoms with E-state index < -0.39 is 22.9 Å². The normalized spacial score (nSPS) is 11.6. The van der Waals surface area contributed by atoms with E-state index in [1.165, 1.54) is 19.1 Å². The largest absolute Gasteiger partial charge is 0.449 e. The highest BCUT2D eigenvalue weighted by atomic mass is 35.5. The fourth-order valence-corrected chi connectivity index (χ4v) is 3.15. The number of nitro groups is 1. The minimum absolute atomic E-state index is 0.0491. The van der Waals surface area contributed by atoms with Gasteiger partial charge in [-0.1, -0.05) is 29.8 Å². The number of anilines is 1. The van der Waals surface area contributed by atoms with Crippen LogP contribution in [-0.4, -0.2) is 32.7 Å². The van der Waals surface area contributed by atoms with Crippen molar-refractivity contribution in [1.82, 2.24) is 9.78 Å². The lowest BCUT2D eigenvalue weighted by Crippen LogP contribution is -2.30. The van der Waals surface area contributed by atoms with Gasteiger partial charge in [0, 0.05) is 12.1 Å². The molecule has 0 saturated heterocycles. The number of esters is 1. The van der Waals surface area contributed by atoms with Gasteiger partial charge in [-0.3, -0.25) is 14.9 Å². The van der Waals surface area contributed by atoms with E-state index in [0.29, 0.717) is 11.4 Å². The van der Waals surface area contributed by atoms with Gasteiger partial charge < -0.3 is 10.1 Å². The van der Waals surface area contributed by atoms with Gasteiger partial charge in [-0.15, -0.1) is 0 Å². The number of aromatic nitrogens is 2. The summed E-state index contributed by atoms with van der Waals surface area (Å²) in [4.78, 5) is 35.5. The SMILES string of the molecule is Cc1nn(-c2ccccc2)c(C)c1C(=O)OC(C)C(=O)Nc1cc([N+](=O)[O-])ccc1Cl. The maximum absolute atomic E-state index is 12.7. The Kier molecular flexibility index (Phi) is 6.36. The third-order valence-corrected chi connectivity index (χ3v) is 4.90. The van der Waals surface area contributed by atoms with Crippen LogP contribution >= 0.6 is 11.6 Å². The number of carbonyl (C=O) groups is 2. The third-order valence-electron chi connectivity index (χ3n) is 4.57. The summed E-state index contributed by atoms with van der Waals surface area (Å²) in [5.74, 6) is -1.38. The van der Waals surface area contributed by atoms with Gasteiger partial charge in [0.2, 0.25) is 0 Å². The maximum atomic E-state index is 12.7. The maximum Gasteiger partial charge on any atom is 0.342 e. The Bertz CT molecular complexity index is 1160. The predicted molar refractivity (Wildman–Crippen MR) is 115 cm³/mol. The van der Waals surface area contributed by atoms with E-state index in [1.807, 2.05) is 30.3 Å². The smallest absolute Gasteiger partial charge is 0.342 e. The Morgan fingerprint density at radius 3 is 2.52 bits per heavy atom. The molecule has 2 aromatic carbocycles. The number of rotatable bonds is 6. The number of para-hydroxylation sites is 1. The average molecular weight is 443 g/mol. The second-order valence-electron chi connectivity index (χ2n) is 6.75. The van der Waals surface area contributed by atoms with Gasteiger partial charge in [-0.2, -0.15) is 5.10 Å². The van der Waals surface area contributed by atoms with Gasteiger partial charge in [0.15, 0.2) is 6.10 Å². The number of benzene rings is 2. The number of hydrogen-bond acceptors (Lipinski definition) is 6. The van der Waals surface area contributed by atoms with Crippen molar-refractivity contribution in [3.05, 3.63) is 80.6 Å². The van der Waals surface area contributed by atoms with Crippen molar-refractivity contribution in [2.75, 3.05) is 5.32 Å². The number of halogens is 1. The fourth-order valence-electron chi connectivity index (χ4n) is 2.99. The van der Waals surface area contributed by atoms with Crippen LogP contribution in [0.25, 0.3) is 5.69 Å². The van der Waals surface area contributed by atoms with Crippen molar-refractivity contribution in [1.29, 1.82) is 0 Å². The highest BCUT2D eigenvalue weighted by Crippen LogP contribution is 2.27. The summed E-state index contributed by atoms with van der Waals surface area (Å²) >= 11 is 6.00. The summed E-state index contributed by atoms with van der Waals surface area (Å²) in [6.45, 7) is 4.80. The van der Waals surface area contributed by atoms with Gasteiger partial charge >= 0.3 is 5.97 Å². The Labute approximate surface area is 182 Å². The molecular weight excluding hydrogens is 424 g/mol. The van der Waals surface area contributed by atoms with E-state index in [9.17, 15) is 19.7 Å². The predicted octanol–water partition coefficient (Wildman–Crippen LogP) is 4.23. The first kappa shape index (κ1) is 22.0. The van der Waals surface area contributed by atoms with Crippen molar-refractivity contribution in [3.8, 4) is 5.69 Å². The summed E-state index contributed by atoms with van der Waals surface area (Å²) in [7, 11) is 0. The van der Waals surface area contributed by atoms with Gasteiger partial charge in [0.1, 0.15) is 5.56 Å². The molecule has 0 aliphatic heterocycles. The quantitative estimate of drug-likeness (QED) is 0.347. The summed E-state index contributed by atoms with van der Waals surface area (Å²) in [6, 6.07) is 12.9. The molecule has 0 fully saturated rings. The molecule has 0 aliphatic carbocycles. The van der Waals surface area contributed by atoms with Gasteiger partial charge in [-0.05, 0) is 39.0 Å². The van der Waals surface area contributed by atoms with Crippen LogP contribution in [0.3, 0.4) is 0 Å². The zero-order chi connectivity index (χ0) is 22.7. The van der Waals surface area contributed by atoms with E-state index in [4.69, 9.17) is 16.3 Å². The van der Waals surface area contributed by atoms with Crippen molar-refractivity contribution in [2.45, 2.75) is 26.9 Å². The molecule has 1 amide bonds. The number of ether oxygens (including phenoxy) is 1. The van der Waals surface area contributed by atoms with Crippen molar-refractivity contribution in [3.63, 3.8) is 0 Å². The molecule has 0 bridgehead atoms. The van der Waals surface area contributed by atoms with Crippen LogP contribution in [0.4, 0.5) is 11.4 Å².